The SMILES string of the molecule is CC(N)COC(=O)/C=C\C(=O)OCC(C)N. The molecule has 6 heteroatoms. The standard InChI is InChI=1S/C10H18N2O4/c1-7(11)5-15-9(13)3-4-10(14)16-6-8(2)12/h3-4,7-8H,5-6,11-12H2,1-2H3/b4-3-. The maximum Gasteiger partial charge on any atom is 0.331 e. The molecule has 0 fully saturated rings. The van der Waals surface area contributed by atoms with Crippen LogP contribution in [0, 0.1) is 0 Å². The number of carbonyl (C=O) groups is 2. The van der Waals surface area contributed by atoms with Crippen molar-refractivity contribution in [1.82, 2.24) is 0 Å². The summed E-state index contributed by atoms with van der Waals surface area (Å²) in [6.45, 7) is 3.62. The van der Waals surface area contributed by atoms with E-state index in [1.807, 2.05) is 0 Å². The monoisotopic (exact) mass is 230 g/mol. The predicted molar refractivity (Wildman–Crippen MR) is 58.4 cm³/mol. The van der Waals surface area contributed by atoms with Gasteiger partial charge < -0.3 is 20.9 Å². The fraction of sp³-hybridized carbons (Fsp3) is 0.600. The summed E-state index contributed by atoms with van der Waals surface area (Å²) in [5.74, 6) is -1.26. The Labute approximate surface area is 94.6 Å². The first-order valence-electron chi connectivity index (χ1n) is 4.94. The molecule has 0 amide bonds. The lowest BCUT2D eigenvalue weighted by Gasteiger charge is -2.05. The van der Waals surface area contributed by atoms with Gasteiger partial charge in [0.2, 0.25) is 0 Å². The summed E-state index contributed by atoms with van der Waals surface area (Å²) < 4.78 is 9.39. The third-order valence-corrected chi connectivity index (χ3v) is 1.33. The zero-order valence-corrected chi connectivity index (χ0v) is 9.51. The molecule has 0 rings (SSSR count). The summed E-state index contributed by atoms with van der Waals surface area (Å²) >= 11 is 0. The van der Waals surface area contributed by atoms with Crippen LogP contribution in [0.1, 0.15) is 13.8 Å². The molecule has 16 heavy (non-hydrogen) atoms. The molecule has 0 bridgehead atoms. The average molecular weight is 230 g/mol. The maximum absolute atomic E-state index is 11.0. The Bertz CT molecular complexity index is 236. The third-order valence-electron chi connectivity index (χ3n) is 1.33. The zero-order valence-electron chi connectivity index (χ0n) is 9.51. The predicted octanol–water partition coefficient (Wildman–Crippen LogP) is -0.677. The van der Waals surface area contributed by atoms with Gasteiger partial charge in [0, 0.05) is 24.2 Å². The molecule has 0 saturated heterocycles. The molecule has 0 aromatic heterocycles. The molecule has 4 N–H and O–H groups in total. The van der Waals surface area contributed by atoms with Gasteiger partial charge in [-0.2, -0.15) is 0 Å². The Morgan fingerprint density at radius 2 is 1.31 bits per heavy atom. The van der Waals surface area contributed by atoms with Gasteiger partial charge in [0.05, 0.1) is 0 Å². The molecule has 0 aromatic rings. The van der Waals surface area contributed by atoms with Crippen molar-refractivity contribution < 1.29 is 19.1 Å². The van der Waals surface area contributed by atoms with Gasteiger partial charge in [0.15, 0.2) is 0 Å². The second kappa shape index (κ2) is 7.84. The first-order valence-corrected chi connectivity index (χ1v) is 4.94. The topological polar surface area (TPSA) is 105 Å². The molecule has 0 radical (unpaired) electrons. The Hall–Kier alpha value is -1.40. The van der Waals surface area contributed by atoms with Crippen LogP contribution in [0.5, 0.6) is 0 Å². The smallest absolute Gasteiger partial charge is 0.331 e. The van der Waals surface area contributed by atoms with Crippen molar-refractivity contribution in [3.05, 3.63) is 12.2 Å². The highest BCUT2D eigenvalue weighted by Crippen LogP contribution is 1.88. The van der Waals surface area contributed by atoms with E-state index in [9.17, 15) is 9.59 Å². The second-order valence-electron chi connectivity index (χ2n) is 3.55. The van der Waals surface area contributed by atoms with E-state index in [1.54, 1.807) is 13.8 Å². The first-order chi connectivity index (χ1) is 7.41. The van der Waals surface area contributed by atoms with Crippen LogP contribution in [-0.4, -0.2) is 37.2 Å². The zero-order chi connectivity index (χ0) is 12.6. The van der Waals surface area contributed by atoms with Crippen LogP contribution in [0.2, 0.25) is 0 Å². The van der Waals surface area contributed by atoms with Crippen LogP contribution in [0.15, 0.2) is 12.2 Å². The maximum atomic E-state index is 11.0. The molecule has 0 saturated carbocycles. The number of ether oxygens (including phenoxy) is 2. The molecular weight excluding hydrogens is 212 g/mol. The van der Waals surface area contributed by atoms with Crippen molar-refractivity contribution in [2.75, 3.05) is 13.2 Å². The van der Waals surface area contributed by atoms with E-state index in [4.69, 9.17) is 20.9 Å². The largest absolute Gasteiger partial charge is 0.461 e. The van der Waals surface area contributed by atoms with E-state index in [0.717, 1.165) is 12.2 Å². The van der Waals surface area contributed by atoms with Crippen molar-refractivity contribution in [2.24, 2.45) is 11.5 Å². The minimum atomic E-state index is -0.630. The number of rotatable bonds is 6. The van der Waals surface area contributed by atoms with Gasteiger partial charge in [-0.1, -0.05) is 0 Å². The average Bonchev–Trinajstić information content (AvgIpc) is 2.20. The molecule has 2 atom stereocenters. The summed E-state index contributed by atoms with van der Waals surface area (Å²) in [6.07, 6.45) is 1.98. The third kappa shape index (κ3) is 9.17. The highest BCUT2D eigenvalue weighted by atomic mass is 16.5. The van der Waals surface area contributed by atoms with Crippen molar-refractivity contribution >= 4 is 11.9 Å². The number of nitrogens with two attached hydrogens (primary N) is 2. The van der Waals surface area contributed by atoms with Crippen LogP contribution in [0.3, 0.4) is 0 Å². The van der Waals surface area contributed by atoms with Crippen molar-refractivity contribution in [2.45, 2.75) is 25.9 Å². The minimum Gasteiger partial charge on any atom is -0.461 e. The minimum absolute atomic E-state index is 0.109. The highest BCUT2D eigenvalue weighted by molar-refractivity contribution is 5.91. The fourth-order valence-corrected chi connectivity index (χ4v) is 0.659. The van der Waals surface area contributed by atoms with Crippen LogP contribution >= 0.6 is 0 Å². The Kier molecular flexibility index (Phi) is 7.15. The molecule has 0 spiro atoms. The molecule has 2 unspecified atom stereocenters. The van der Waals surface area contributed by atoms with E-state index in [-0.39, 0.29) is 25.3 Å². The lowest BCUT2D eigenvalue weighted by atomic mass is 10.4. The second-order valence-corrected chi connectivity index (χ2v) is 3.55. The summed E-state index contributed by atoms with van der Waals surface area (Å²) in [6, 6.07) is -0.468. The van der Waals surface area contributed by atoms with Crippen LogP contribution in [0.25, 0.3) is 0 Å². The van der Waals surface area contributed by atoms with Crippen molar-refractivity contribution in [3.8, 4) is 0 Å². The van der Waals surface area contributed by atoms with Gasteiger partial charge in [-0.25, -0.2) is 9.59 Å². The lowest BCUT2D eigenvalue weighted by molar-refractivity contribution is -0.140. The molecule has 0 heterocycles. The van der Waals surface area contributed by atoms with E-state index >= 15 is 0 Å². The van der Waals surface area contributed by atoms with Crippen molar-refractivity contribution in [1.29, 1.82) is 0 Å². The quantitative estimate of drug-likeness (QED) is 0.463. The number of hydrogen-bond donors (Lipinski definition) is 2. The Morgan fingerprint density at radius 3 is 1.56 bits per heavy atom. The molecule has 6 nitrogen and oxygen atoms in total. The molecule has 0 aliphatic carbocycles. The van der Waals surface area contributed by atoms with Gasteiger partial charge in [0.1, 0.15) is 13.2 Å². The molecule has 0 aromatic carbocycles. The van der Waals surface area contributed by atoms with Crippen molar-refractivity contribution in [3.63, 3.8) is 0 Å². The summed E-state index contributed by atoms with van der Waals surface area (Å²) in [5, 5.41) is 0. The summed E-state index contributed by atoms with van der Waals surface area (Å²) in [5.41, 5.74) is 10.7. The van der Waals surface area contributed by atoms with E-state index in [2.05, 4.69) is 0 Å². The lowest BCUT2D eigenvalue weighted by Crippen LogP contribution is -2.24. The van der Waals surface area contributed by atoms with Crippen LogP contribution in [0.4, 0.5) is 0 Å². The molecule has 0 aliphatic rings. The van der Waals surface area contributed by atoms with Crippen LogP contribution in [-0.2, 0) is 19.1 Å². The fourth-order valence-electron chi connectivity index (χ4n) is 0.659. The van der Waals surface area contributed by atoms with E-state index in [1.165, 1.54) is 0 Å². The van der Waals surface area contributed by atoms with Gasteiger partial charge >= 0.3 is 11.9 Å². The Morgan fingerprint density at radius 1 is 1.00 bits per heavy atom. The number of hydrogen-bond acceptors (Lipinski definition) is 6. The highest BCUT2D eigenvalue weighted by Gasteiger charge is 2.03. The Balaban J connectivity index is 3.80. The van der Waals surface area contributed by atoms with E-state index in [0.29, 0.717) is 0 Å². The van der Waals surface area contributed by atoms with Gasteiger partial charge in [-0.05, 0) is 13.8 Å². The first kappa shape index (κ1) is 14.6. The van der Waals surface area contributed by atoms with Gasteiger partial charge in [-0.15, -0.1) is 0 Å². The van der Waals surface area contributed by atoms with Crippen LogP contribution < -0.4 is 11.5 Å². The normalized spacial score (nSPS) is 14.5. The molecule has 92 valence electrons. The van der Waals surface area contributed by atoms with Gasteiger partial charge in [0.25, 0.3) is 0 Å². The summed E-state index contributed by atoms with van der Waals surface area (Å²) in [7, 11) is 0. The number of esters is 2. The van der Waals surface area contributed by atoms with Gasteiger partial charge in [-0.3, -0.25) is 0 Å². The molecular formula is C10H18N2O4. The summed E-state index contributed by atoms with van der Waals surface area (Å²) in [4.78, 5) is 22.0. The molecule has 0 aliphatic heterocycles. The number of carbonyl (C=O) groups excluding carboxylic acids is 2. The van der Waals surface area contributed by atoms with E-state index < -0.39 is 11.9 Å².